The fraction of sp³-hybridized carbons (Fsp3) is 0.571. The van der Waals surface area contributed by atoms with Crippen molar-refractivity contribution in [3.05, 3.63) is 65.7 Å². The molecule has 0 radical (unpaired) electrons. The minimum absolute atomic E-state index is 0. The number of nitrogens with zero attached hydrogens (tertiary/aromatic N) is 1. The summed E-state index contributed by atoms with van der Waals surface area (Å²) >= 11 is 0. The summed E-state index contributed by atoms with van der Waals surface area (Å²) in [6, 6.07) is 18.8. The largest absolute Gasteiger partial charge is 0.494 e. The second kappa shape index (κ2) is 13.2. The van der Waals surface area contributed by atoms with Gasteiger partial charge in [-0.15, -0.1) is 12.4 Å². The number of aliphatic hydroxyl groups is 1. The molecule has 1 fully saturated rings. The molecule has 3 rings (SSSR count). The maximum Gasteiger partial charge on any atom is 0.119 e. The van der Waals surface area contributed by atoms with E-state index in [0.717, 1.165) is 43.8 Å². The third-order valence-electron chi connectivity index (χ3n) is 6.69. The van der Waals surface area contributed by atoms with Gasteiger partial charge in [0.2, 0.25) is 0 Å². The Kier molecular flexibility index (Phi) is 11.0. The molecule has 1 aliphatic rings. The third kappa shape index (κ3) is 7.23. The maximum absolute atomic E-state index is 12.4. The summed E-state index contributed by atoms with van der Waals surface area (Å²) in [6.45, 7) is 10.3. The van der Waals surface area contributed by atoms with E-state index in [1.165, 1.54) is 31.2 Å². The lowest BCUT2D eigenvalue weighted by Gasteiger charge is -2.40. The molecule has 4 heteroatoms. The van der Waals surface area contributed by atoms with Crippen LogP contribution in [0.2, 0.25) is 0 Å². The van der Waals surface area contributed by atoms with Crippen molar-refractivity contribution in [2.75, 3.05) is 26.2 Å². The highest BCUT2D eigenvalue weighted by Gasteiger charge is 2.40. The number of benzene rings is 2. The highest BCUT2D eigenvalue weighted by Crippen LogP contribution is 2.42. The molecule has 2 unspecified atom stereocenters. The summed E-state index contributed by atoms with van der Waals surface area (Å²) in [4.78, 5) is 2.58. The van der Waals surface area contributed by atoms with Crippen LogP contribution in [0.3, 0.4) is 0 Å². The van der Waals surface area contributed by atoms with Crippen molar-refractivity contribution in [3.63, 3.8) is 0 Å². The second-order valence-corrected chi connectivity index (χ2v) is 9.49. The Labute approximate surface area is 201 Å². The Bertz CT molecular complexity index is 757. The van der Waals surface area contributed by atoms with Crippen LogP contribution in [0.15, 0.2) is 54.6 Å². The lowest BCUT2D eigenvalue weighted by Crippen LogP contribution is -2.41. The number of hydrogen-bond acceptors (Lipinski definition) is 3. The Balaban J connectivity index is 0.00000363. The van der Waals surface area contributed by atoms with Crippen LogP contribution in [-0.4, -0.2) is 36.2 Å². The molecule has 2 atom stereocenters. The predicted molar refractivity (Wildman–Crippen MR) is 137 cm³/mol. The van der Waals surface area contributed by atoms with Gasteiger partial charge in [-0.3, -0.25) is 0 Å². The molecule has 0 aromatic heterocycles. The maximum atomic E-state index is 12.4. The Morgan fingerprint density at radius 2 is 1.56 bits per heavy atom. The molecule has 0 bridgehead atoms. The van der Waals surface area contributed by atoms with Crippen molar-refractivity contribution < 1.29 is 9.84 Å². The lowest BCUT2D eigenvalue weighted by molar-refractivity contribution is -0.0170. The van der Waals surface area contributed by atoms with Gasteiger partial charge in [-0.05, 0) is 74.9 Å². The fourth-order valence-electron chi connectivity index (χ4n) is 4.83. The molecule has 0 aliphatic carbocycles. The van der Waals surface area contributed by atoms with Crippen molar-refractivity contribution >= 4 is 12.4 Å². The van der Waals surface area contributed by atoms with Crippen LogP contribution in [0.1, 0.15) is 76.3 Å². The SMILES string of the molecule is CCOc1ccc(C(O)(CCC(C)C)C(CN2CCCCCC2)c2ccccc2)cc1.Cl. The van der Waals surface area contributed by atoms with Crippen molar-refractivity contribution in [2.45, 2.75) is 70.8 Å². The van der Waals surface area contributed by atoms with Gasteiger partial charge in [0, 0.05) is 12.5 Å². The van der Waals surface area contributed by atoms with E-state index in [-0.39, 0.29) is 18.3 Å². The highest BCUT2D eigenvalue weighted by molar-refractivity contribution is 5.85. The van der Waals surface area contributed by atoms with Gasteiger partial charge in [-0.25, -0.2) is 0 Å². The van der Waals surface area contributed by atoms with Crippen LogP contribution in [0, 0.1) is 5.92 Å². The first-order valence-electron chi connectivity index (χ1n) is 12.3. The number of ether oxygens (including phenoxy) is 1. The van der Waals surface area contributed by atoms with Gasteiger partial charge < -0.3 is 14.7 Å². The van der Waals surface area contributed by atoms with Crippen molar-refractivity contribution in [2.24, 2.45) is 5.92 Å². The van der Waals surface area contributed by atoms with E-state index in [2.05, 4.69) is 61.2 Å². The van der Waals surface area contributed by atoms with Crippen LogP contribution < -0.4 is 4.74 Å². The van der Waals surface area contributed by atoms with E-state index in [1.807, 2.05) is 19.1 Å². The minimum Gasteiger partial charge on any atom is -0.494 e. The molecule has 1 N–H and O–H groups in total. The number of hydrogen-bond donors (Lipinski definition) is 1. The van der Waals surface area contributed by atoms with Crippen LogP contribution >= 0.6 is 12.4 Å². The van der Waals surface area contributed by atoms with Crippen molar-refractivity contribution in [1.29, 1.82) is 0 Å². The van der Waals surface area contributed by atoms with Gasteiger partial charge in [0.25, 0.3) is 0 Å². The standard InChI is InChI=1S/C28H41NO2.ClH/c1-4-31-26-16-14-25(15-17-26)28(30,19-18-23(2)3)27(24-12-8-7-9-13-24)22-29-20-10-5-6-11-21-29;/h7-9,12-17,23,27,30H,4-6,10-11,18-22H2,1-3H3;1H. The quantitative estimate of drug-likeness (QED) is 0.424. The van der Waals surface area contributed by atoms with Crippen LogP contribution in [0.5, 0.6) is 5.75 Å². The molecular formula is C28H42ClNO2. The normalized spacial score (nSPS) is 17.8. The number of likely N-dealkylation sites (tertiary alicyclic amines) is 1. The first kappa shape index (κ1) is 26.7. The molecule has 178 valence electrons. The molecule has 1 saturated heterocycles. The molecule has 1 aliphatic heterocycles. The van der Waals surface area contributed by atoms with E-state index in [1.54, 1.807) is 0 Å². The third-order valence-corrected chi connectivity index (χ3v) is 6.69. The van der Waals surface area contributed by atoms with Gasteiger partial charge in [-0.2, -0.15) is 0 Å². The topological polar surface area (TPSA) is 32.7 Å². The van der Waals surface area contributed by atoms with E-state index >= 15 is 0 Å². The molecule has 0 spiro atoms. The average Bonchev–Trinajstić information content (AvgIpc) is 3.06. The van der Waals surface area contributed by atoms with Crippen molar-refractivity contribution in [1.82, 2.24) is 4.90 Å². The summed E-state index contributed by atoms with van der Waals surface area (Å²) in [5, 5.41) is 12.4. The van der Waals surface area contributed by atoms with Crippen molar-refractivity contribution in [3.8, 4) is 5.75 Å². The summed E-state index contributed by atoms with van der Waals surface area (Å²) < 4.78 is 5.66. The molecule has 3 nitrogen and oxygen atoms in total. The number of halogens is 1. The van der Waals surface area contributed by atoms with Crippen LogP contribution in [0.4, 0.5) is 0 Å². The van der Waals surface area contributed by atoms with E-state index in [9.17, 15) is 5.11 Å². The Morgan fingerprint density at radius 3 is 2.12 bits per heavy atom. The van der Waals surface area contributed by atoms with Crippen LogP contribution in [-0.2, 0) is 5.60 Å². The molecule has 2 aromatic carbocycles. The zero-order valence-electron chi connectivity index (χ0n) is 20.1. The van der Waals surface area contributed by atoms with E-state index in [0.29, 0.717) is 12.5 Å². The van der Waals surface area contributed by atoms with Gasteiger partial charge in [0.1, 0.15) is 5.75 Å². The Morgan fingerprint density at radius 1 is 0.938 bits per heavy atom. The first-order chi connectivity index (χ1) is 15.0. The molecular weight excluding hydrogens is 418 g/mol. The summed E-state index contributed by atoms with van der Waals surface area (Å²) in [6.07, 6.45) is 6.91. The number of rotatable bonds is 10. The van der Waals surface area contributed by atoms with Crippen LogP contribution in [0.25, 0.3) is 0 Å². The monoisotopic (exact) mass is 459 g/mol. The Hall–Kier alpha value is -1.55. The summed E-state index contributed by atoms with van der Waals surface area (Å²) in [5.41, 5.74) is 1.31. The zero-order chi connectivity index (χ0) is 22.1. The molecule has 32 heavy (non-hydrogen) atoms. The molecule has 0 amide bonds. The van der Waals surface area contributed by atoms with E-state index < -0.39 is 5.60 Å². The molecule has 2 aromatic rings. The zero-order valence-corrected chi connectivity index (χ0v) is 20.9. The second-order valence-electron chi connectivity index (χ2n) is 9.49. The predicted octanol–water partition coefficient (Wildman–Crippen LogP) is 6.79. The van der Waals surface area contributed by atoms with Gasteiger partial charge >= 0.3 is 0 Å². The van der Waals surface area contributed by atoms with Gasteiger partial charge in [0.15, 0.2) is 0 Å². The average molecular weight is 460 g/mol. The fourth-order valence-corrected chi connectivity index (χ4v) is 4.83. The van der Waals surface area contributed by atoms with E-state index in [4.69, 9.17) is 4.74 Å². The van der Waals surface area contributed by atoms with Gasteiger partial charge in [0.05, 0.1) is 12.2 Å². The molecule has 0 saturated carbocycles. The smallest absolute Gasteiger partial charge is 0.119 e. The minimum atomic E-state index is -0.914. The highest BCUT2D eigenvalue weighted by atomic mass is 35.5. The molecule has 1 heterocycles. The summed E-state index contributed by atoms with van der Waals surface area (Å²) in [5.74, 6) is 1.44. The summed E-state index contributed by atoms with van der Waals surface area (Å²) in [7, 11) is 0. The van der Waals surface area contributed by atoms with Gasteiger partial charge in [-0.1, -0.05) is 69.2 Å². The first-order valence-corrected chi connectivity index (χ1v) is 12.3. The lowest BCUT2D eigenvalue weighted by atomic mass is 9.73.